The third-order valence-electron chi connectivity index (χ3n) is 11.9. The van der Waals surface area contributed by atoms with Crippen LogP contribution in [0.25, 0.3) is 54.6 Å². The molecule has 11 rings (SSSR count). The molecule has 0 saturated carbocycles. The summed E-state index contributed by atoms with van der Waals surface area (Å²) >= 11 is 0. The minimum atomic E-state index is -0.433. The van der Waals surface area contributed by atoms with Crippen molar-refractivity contribution in [3.8, 4) is 11.1 Å². The van der Waals surface area contributed by atoms with Gasteiger partial charge in [-0.2, -0.15) is 0 Å². The Morgan fingerprint density at radius 2 is 0.694 bits per heavy atom. The van der Waals surface area contributed by atoms with E-state index in [9.17, 15) is 0 Å². The largest absolute Gasteiger partial charge is 0.324 e. The number of amidine groups is 2. The third-order valence-corrected chi connectivity index (χ3v) is 11.9. The van der Waals surface area contributed by atoms with Crippen molar-refractivity contribution in [3.63, 3.8) is 0 Å². The molecule has 0 aliphatic carbocycles. The highest BCUT2D eigenvalue weighted by atomic mass is 15.2. The van der Waals surface area contributed by atoms with Crippen LogP contribution < -0.4 is 5.32 Å². The van der Waals surface area contributed by atoms with Gasteiger partial charge in [0.1, 0.15) is 11.7 Å². The van der Waals surface area contributed by atoms with Crippen molar-refractivity contribution >= 4 is 55.1 Å². The summed E-state index contributed by atoms with van der Waals surface area (Å²) in [6.45, 7) is 0. The Hall–Kier alpha value is -8.14. The van der Waals surface area contributed by atoms with Gasteiger partial charge in [-0.25, -0.2) is 9.98 Å². The van der Waals surface area contributed by atoms with Crippen molar-refractivity contribution in [1.82, 2.24) is 5.32 Å². The van der Waals surface area contributed by atoms with Crippen molar-refractivity contribution < 1.29 is 0 Å². The monoisotopic (exact) mass is 791 g/mol. The lowest BCUT2D eigenvalue weighted by Gasteiger charge is -2.23. The highest BCUT2D eigenvalue weighted by molar-refractivity contribution is 6.26. The first kappa shape index (κ1) is 36.9. The Morgan fingerprint density at radius 1 is 0.290 bits per heavy atom. The number of aliphatic imine (C=N–C) groups is 2. The lowest BCUT2D eigenvalue weighted by molar-refractivity contribution is 0.756. The van der Waals surface area contributed by atoms with Crippen molar-refractivity contribution in [3.05, 3.63) is 276 Å². The summed E-state index contributed by atoms with van der Waals surface area (Å²) in [6.07, 6.45) is -0.433. The molecule has 0 bridgehead atoms. The molecule has 62 heavy (non-hydrogen) atoms. The fraction of sp³-hybridized carbons (Fsp3) is 0.0169. The van der Waals surface area contributed by atoms with Gasteiger partial charge in [-0.05, 0) is 94.5 Å². The van der Waals surface area contributed by atoms with Gasteiger partial charge in [0.25, 0.3) is 0 Å². The number of hydrogen-bond acceptors (Lipinski definition) is 3. The first-order valence-corrected chi connectivity index (χ1v) is 21.2. The molecule has 10 aromatic carbocycles. The van der Waals surface area contributed by atoms with E-state index in [2.05, 4.69) is 236 Å². The van der Waals surface area contributed by atoms with Crippen LogP contribution in [0.1, 0.15) is 45.1 Å². The molecule has 1 unspecified atom stereocenters. The van der Waals surface area contributed by atoms with E-state index in [-0.39, 0.29) is 0 Å². The quantitative estimate of drug-likeness (QED) is 0.121. The molecule has 1 N–H and O–H groups in total. The van der Waals surface area contributed by atoms with Gasteiger partial charge in [-0.1, -0.05) is 224 Å². The van der Waals surface area contributed by atoms with Gasteiger partial charge < -0.3 is 5.32 Å². The van der Waals surface area contributed by atoms with Gasteiger partial charge in [0, 0.05) is 11.1 Å². The summed E-state index contributed by atoms with van der Waals surface area (Å²) in [5.41, 5.74) is 12.4. The SMILES string of the molecule is c1ccc(C2=NC(c3ccc(-c4cccc(C(=C(c5ccccc5)c5ccccc5)c5ccccc5)c4)cc3)N=C(c3ccc4c5ccccc5c5ccccc5c4c3)N2)cc1. The average molecular weight is 792 g/mol. The Morgan fingerprint density at radius 3 is 1.24 bits per heavy atom. The second-order valence-electron chi connectivity index (χ2n) is 15.7. The minimum Gasteiger partial charge on any atom is -0.324 e. The summed E-state index contributed by atoms with van der Waals surface area (Å²) in [7, 11) is 0. The number of nitrogens with zero attached hydrogens (tertiary/aromatic N) is 2. The van der Waals surface area contributed by atoms with Crippen LogP contribution >= 0.6 is 0 Å². The normalized spacial score (nSPS) is 13.6. The van der Waals surface area contributed by atoms with Gasteiger partial charge in [-0.15, -0.1) is 0 Å². The zero-order valence-electron chi connectivity index (χ0n) is 34.0. The van der Waals surface area contributed by atoms with Crippen LogP contribution in [-0.4, -0.2) is 11.7 Å². The molecule has 0 fully saturated rings. The maximum atomic E-state index is 5.31. The van der Waals surface area contributed by atoms with Gasteiger partial charge >= 0.3 is 0 Å². The highest BCUT2D eigenvalue weighted by Crippen LogP contribution is 2.39. The number of benzene rings is 10. The molecule has 3 heteroatoms. The second kappa shape index (κ2) is 16.1. The molecule has 0 amide bonds. The summed E-state index contributed by atoms with van der Waals surface area (Å²) in [5.74, 6) is 1.60. The van der Waals surface area contributed by atoms with Crippen LogP contribution in [0.5, 0.6) is 0 Å². The molecule has 292 valence electrons. The first-order chi connectivity index (χ1) is 30.7. The molecule has 1 heterocycles. The standard InChI is InChI=1S/C59H41N3/c1-5-18-41(19-6-1)55(42-20-7-2-8-21-42)56(43-22-9-3-10-23-43)47-27-17-26-46(38-47)40-32-34-45(35-33-40)58-60-57(44-24-11-4-12-25-44)61-59(62-58)48-36-37-53-51-30-14-13-28-49(51)50-29-15-16-31-52(50)54(53)39-48/h1-39,58H,(H,60,61,62). The molecular formula is C59H41N3. The van der Waals surface area contributed by atoms with Crippen LogP contribution in [0.3, 0.4) is 0 Å². The molecule has 0 radical (unpaired) electrons. The van der Waals surface area contributed by atoms with Crippen molar-refractivity contribution in [1.29, 1.82) is 0 Å². The fourth-order valence-corrected chi connectivity index (χ4v) is 8.97. The van der Waals surface area contributed by atoms with E-state index in [0.717, 1.165) is 45.1 Å². The number of hydrogen-bond donors (Lipinski definition) is 1. The molecule has 1 aliphatic rings. The summed E-state index contributed by atoms with van der Waals surface area (Å²) in [4.78, 5) is 10.5. The third kappa shape index (κ3) is 6.96. The van der Waals surface area contributed by atoms with E-state index in [0.29, 0.717) is 0 Å². The van der Waals surface area contributed by atoms with E-state index in [1.54, 1.807) is 0 Å². The number of fused-ring (bicyclic) bond motifs is 6. The number of nitrogens with one attached hydrogen (secondary N) is 1. The lowest BCUT2D eigenvalue weighted by Crippen LogP contribution is -2.36. The molecule has 1 atom stereocenters. The van der Waals surface area contributed by atoms with Gasteiger partial charge in [-0.3, -0.25) is 0 Å². The van der Waals surface area contributed by atoms with Gasteiger partial charge in [0.15, 0.2) is 6.17 Å². The van der Waals surface area contributed by atoms with Crippen molar-refractivity contribution in [2.45, 2.75) is 6.17 Å². The molecule has 0 spiro atoms. The highest BCUT2D eigenvalue weighted by Gasteiger charge is 2.22. The van der Waals surface area contributed by atoms with E-state index in [4.69, 9.17) is 9.98 Å². The zero-order chi connectivity index (χ0) is 41.2. The van der Waals surface area contributed by atoms with E-state index < -0.39 is 6.17 Å². The van der Waals surface area contributed by atoms with Crippen LogP contribution in [-0.2, 0) is 0 Å². The van der Waals surface area contributed by atoms with Gasteiger partial charge in [0.2, 0.25) is 0 Å². The molecule has 0 aromatic heterocycles. The molecular weight excluding hydrogens is 751 g/mol. The summed E-state index contributed by atoms with van der Waals surface area (Å²) < 4.78 is 0. The summed E-state index contributed by atoms with van der Waals surface area (Å²) in [5, 5.41) is 11.1. The maximum Gasteiger partial charge on any atom is 0.169 e. The average Bonchev–Trinajstić information content (AvgIpc) is 3.36. The van der Waals surface area contributed by atoms with Crippen molar-refractivity contribution in [2.75, 3.05) is 0 Å². The Bertz CT molecular complexity index is 3260. The fourth-order valence-electron chi connectivity index (χ4n) is 8.97. The maximum absolute atomic E-state index is 5.31. The Kier molecular flexibility index (Phi) is 9.61. The van der Waals surface area contributed by atoms with E-state index in [1.165, 1.54) is 60.2 Å². The van der Waals surface area contributed by atoms with Gasteiger partial charge in [0.05, 0.1) is 0 Å². The molecule has 1 aliphatic heterocycles. The first-order valence-electron chi connectivity index (χ1n) is 21.2. The minimum absolute atomic E-state index is 0.433. The van der Waals surface area contributed by atoms with Crippen molar-refractivity contribution in [2.24, 2.45) is 9.98 Å². The molecule has 3 nitrogen and oxygen atoms in total. The van der Waals surface area contributed by atoms with Crippen LogP contribution in [0, 0.1) is 0 Å². The van der Waals surface area contributed by atoms with Crippen LogP contribution in [0.4, 0.5) is 0 Å². The number of rotatable bonds is 8. The lowest BCUT2D eigenvalue weighted by atomic mass is 9.85. The smallest absolute Gasteiger partial charge is 0.169 e. The van der Waals surface area contributed by atoms with E-state index >= 15 is 0 Å². The Labute approximate surface area is 361 Å². The Balaban J connectivity index is 0.996. The van der Waals surface area contributed by atoms with Crippen LogP contribution in [0.2, 0.25) is 0 Å². The summed E-state index contributed by atoms with van der Waals surface area (Å²) in [6, 6.07) is 84.3. The van der Waals surface area contributed by atoms with Crippen LogP contribution in [0.15, 0.2) is 247 Å². The van der Waals surface area contributed by atoms with E-state index in [1.807, 2.05) is 6.07 Å². The zero-order valence-corrected chi connectivity index (χ0v) is 34.0. The molecule has 0 saturated heterocycles. The predicted octanol–water partition coefficient (Wildman–Crippen LogP) is 14.3. The predicted molar refractivity (Wildman–Crippen MR) is 261 cm³/mol. The topological polar surface area (TPSA) is 36.8 Å². The molecule has 10 aromatic rings. The second-order valence-corrected chi connectivity index (χ2v) is 15.7.